The van der Waals surface area contributed by atoms with Crippen molar-refractivity contribution in [1.29, 1.82) is 0 Å². The van der Waals surface area contributed by atoms with Gasteiger partial charge in [-0.05, 0) is 28.8 Å². The standard InChI is InChI=1S/C24H26N2O4/c1-28-20-14-13-17(15-21(20)29-2)16-30-26-24(25)23(27)22(18-9-5-3-6-10-18)19-11-7-4-8-12-19/h3-15,22-23,27H,16H2,1-2H3,(H2,25,26). The number of benzene rings is 3. The molecule has 0 aromatic heterocycles. The van der Waals surface area contributed by atoms with Gasteiger partial charge in [0.2, 0.25) is 0 Å². The van der Waals surface area contributed by atoms with Crippen molar-refractivity contribution >= 4 is 5.84 Å². The molecule has 0 radical (unpaired) electrons. The topological polar surface area (TPSA) is 86.3 Å². The van der Waals surface area contributed by atoms with Gasteiger partial charge in [-0.15, -0.1) is 0 Å². The maximum atomic E-state index is 11.0. The molecule has 0 spiro atoms. The first-order valence-corrected chi connectivity index (χ1v) is 9.58. The van der Waals surface area contributed by atoms with E-state index in [9.17, 15) is 5.11 Å². The molecule has 3 aromatic rings. The molecule has 30 heavy (non-hydrogen) atoms. The molecule has 0 aliphatic heterocycles. The van der Waals surface area contributed by atoms with Gasteiger partial charge in [-0.3, -0.25) is 0 Å². The van der Waals surface area contributed by atoms with Gasteiger partial charge in [0.1, 0.15) is 12.7 Å². The summed E-state index contributed by atoms with van der Waals surface area (Å²) < 4.78 is 10.5. The minimum atomic E-state index is -1.04. The SMILES string of the molecule is COc1ccc(CO/N=C(\N)C(O)C(c2ccccc2)c2ccccc2)cc1OC. The lowest BCUT2D eigenvalue weighted by molar-refractivity contribution is 0.122. The van der Waals surface area contributed by atoms with Gasteiger partial charge in [0.15, 0.2) is 17.3 Å². The van der Waals surface area contributed by atoms with Crippen LogP contribution in [0.15, 0.2) is 84.0 Å². The maximum Gasteiger partial charge on any atom is 0.169 e. The average Bonchev–Trinajstić information content (AvgIpc) is 2.80. The zero-order chi connectivity index (χ0) is 21.3. The van der Waals surface area contributed by atoms with E-state index >= 15 is 0 Å². The minimum Gasteiger partial charge on any atom is -0.493 e. The van der Waals surface area contributed by atoms with Crippen molar-refractivity contribution in [1.82, 2.24) is 0 Å². The molecule has 3 N–H and O–H groups in total. The zero-order valence-corrected chi connectivity index (χ0v) is 17.1. The fraction of sp³-hybridized carbons (Fsp3) is 0.208. The second-order valence-electron chi connectivity index (χ2n) is 6.72. The van der Waals surface area contributed by atoms with Gasteiger partial charge in [-0.2, -0.15) is 0 Å². The van der Waals surface area contributed by atoms with Crippen LogP contribution in [0.1, 0.15) is 22.6 Å². The Kier molecular flexibility index (Phi) is 7.29. The minimum absolute atomic E-state index is 0.00758. The lowest BCUT2D eigenvalue weighted by atomic mass is 9.86. The van der Waals surface area contributed by atoms with Crippen molar-refractivity contribution < 1.29 is 19.4 Å². The zero-order valence-electron chi connectivity index (χ0n) is 17.1. The summed E-state index contributed by atoms with van der Waals surface area (Å²) in [5.41, 5.74) is 8.80. The quantitative estimate of drug-likeness (QED) is 0.322. The molecular weight excluding hydrogens is 380 g/mol. The molecular formula is C24H26N2O4. The number of aliphatic hydroxyl groups is 1. The number of nitrogens with zero attached hydrogens (tertiary/aromatic N) is 1. The maximum absolute atomic E-state index is 11.0. The van der Waals surface area contributed by atoms with Gasteiger partial charge in [-0.25, -0.2) is 0 Å². The van der Waals surface area contributed by atoms with Crippen molar-refractivity contribution in [2.24, 2.45) is 10.9 Å². The number of methoxy groups -OCH3 is 2. The highest BCUT2D eigenvalue weighted by atomic mass is 16.6. The van der Waals surface area contributed by atoms with E-state index in [2.05, 4.69) is 5.16 Å². The number of hydrogen-bond acceptors (Lipinski definition) is 5. The summed E-state index contributed by atoms with van der Waals surface area (Å²) in [6, 6.07) is 24.9. The van der Waals surface area contributed by atoms with Crippen LogP contribution in [-0.2, 0) is 11.4 Å². The summed E-state index contributed by atoms with van der Waals surface area (Å²) in [7, 11) is 3.15. The first kappa shape index (κ1) is 21.2. The van der Waals surface area contributed by atoms with Crippen LogP contribution in [0, 0.1) is 0 Å². The van der Waals surface area contributed by atoms with Gasteiger partial charge in [0, 0.05) is 5.92 Å². The number of nitrogens with two attached hydrogens (primary N) is 1. The molecule has 0 heterocycles. The van der Waals surface area contributed by atoms with Gasteiger partial charge in [0.25, 0.3) is 0 Å². The summed E-state index contributed by atoms with van der Waals surface area (Å²) >= 11 is 0. The Bertz CT molecular complexity index is 922. The highest BCUT2D eigenvalue weighted by molar-refractivity contribution is 5.85. The van der Waals surface area contributed by atoms with E-state index in [1.807, 2.05) is 66.7 Å². The Morgan fingerprint density at radius 2 is 1.43 bits per heavy atom. The highest BCUT2D eigenvalue weighted by Crippen LogP contribution is 2.29. The van der Waals surface area contributed by atoms with E-state index in [1.165, 1.54) is 0 Å². The van der Waals surface area contributed by atoms with Crippen LogP contribution < -0.4 is 15.2 Å². The first-order chi connectivity index (χ1) is 14.6. The van der Waals surface area contributed by atoms with Crippen LogP contribution in [0.2, 0.25) is 0 Å². The molecule has 0 fully saturated rings. The van der Waals surface area contributed by atoms with E-state index in [-0.39, 0.29) is 18.4 Å². The summed E-state index contributed by atoms with van der Waals surface area (Å²) in [6.45, 7) is 0.176. The number of ether oxygens (including phenoxy) is 2. The lowest BCUT2D eigenvalue weighted by Crippen LogP contribution is -2.35. The Morgan fingerprint density at radius 1 is 0.867 bits per heavy atom. The molecule has 156 valence electrons. The van der Waals surface area contributed by atoms with E-state index < -0.39 is 6.10 Å². The molecule has 3 rings (SSSR count). The Morgan fingerprint density at radius 3 is 1.97 bits per heavy atom. The van der Waals surface area contributed by atoms with Crippen LogP contribution in [0.3, 0.4) is 0 Å². The van der Waals surface area contributed by atoms with Crippen molar-refractivity contribution in [3.8, 4) is 11.5 Å². The van der Waals surface area contributed by atoms with E-state index in [0.717, 1.165) is 16.7 Å². The Balaban J connectivity index is 1.75. The van der Waals surface area contributed by atoms with Crippen LogP contribution >= 0.6 is 0 Å². The number of rotatable bonds is 9. The van der Waals surface area contributed by atoms with E-state index in [0.29, 0.717) is 11.5 Å². The van der Waals surface area contributed by atoms with E-state index in [1.54, 1.807) is 26.4 Å². The van der Waals surface area contributed by atoms with Crippen LogP contribution in [0.4, 0.5) is 0 Å². The third kappa shape index (κ3) is 5.10. The monoisotopic (exact) mass is 406 g/mol. The molecule has 0 saturated carbocycles. The van der Waals surface area contributed by atoms with Crippen molar-refractivity contribution in [3.63, 3.8) is 0 Å². The molecule has 6 nitrogen and oxygen atoms in total. The van der Waals surface area contributed by atoms with Crippen molar-refractivity contribution in [2.45, 2.75) is 18.6 Å². The lowest BCUT2D eigenvalue weighted by Gasteiger charge is -2.23. The molecule has 0 aliphatic rings. The second kappa shape index (κ2) is 10.3. The first-order valence-electron chi connectivity index (χ1n) is 9.58. The van der Waals surface area contributed by atoms with E-state index in [4.69, 9.17) is 20.0 Å². The summed E-state index contributed by atoms with van der Waals surface area (Å²) in [5.74, 6) is 0.881. The van der Waals surface area contributed by atoms with Crippen molar-refractivity contribution in [3.05, 3.63) is 95.6 Å². The molecule has 3 aromatic carbocycles. The summed E-state index contributed by atoms with van der Waals surface area (Å²) in [5, 5.41) is 14.9. The van der Waals surface area contributed by atoms with Crippen LogP contribution in [0.5, 0.6) is 11.5 Å². The Labute approximate surface area is 176 Å². The molecule has 0 amide bonds. The predicted molar refractivity (Wildman–Crippen MR) is 117 cm³/mol. The number of oxime groups is 1. The summed E-state index contributed by atoms with van der Waals surface area (Å²) in [6.07, 6.45) is -1.04. The van der Waals surface area contributed by atoms with Gasteiger partial charge >= 0.3 is 0 Å². The normalized spacial score (nSPS) is 12.5. The van der Waals surface area contributed by atoms with Crippen molar-refractivity contribution in [2.75, 3.05) is 14.2 Å². The molecule has 0 saturated heterocycles. The summed E-state index contributed by atoms with van der Waals surface area (Å²) in [4.78, 5) is 5.40. The number of hydrogen-bond donors (Lipinski definition) is 2. The molecule has 0 bridgehead atoms. The second-order valence-corrected chi connectivity index (χ2v) is 6.72. The number of amidine groups is 1. The van der Waals surface area contributed by atoms with Gasteiger partial charge in [-0.1, -0.05) is 71.9 Å². The largest absolute Gasteiger partial charge is 0.493 e. The fourth-order valence-corrected chi connectivity index (χ4v) is 3.25. The average molecular weight is 406 g/mol. The predicted octanol–water partition coefficient (Wildman–Crippen LogP) is 3.69. The highest BCUT2D eigenvalue weighted by Gasteiger charge is 2.26. The smallest absolute Gasteiger partial charge is 0.169 e. The van der Waals surface area contributed by atoms with Gasteiger partial charge < -0.3 is 25.2 Å². The van der Waals surface area contributed by atoms with Crippen LogP contribution in [-0.4, -0.2) is 31.3 Å². The van der Waals surface area contributed by atoms with Gasteiger partial charge in [0.05, 0.1) is 14.2 Å². The molecule has 1 unspecified atom stereocenters. The number of aliphatic hydroxyl groups excluding tert-OH is 1. The molecule has 6 heteroatoms. The Hall–Kier alpha value is -3.51. The fourth-order valence-electron chi connectivity index (χ4n) is 3.25. The molecule has 0 aliphatic carbocycles. The van der Waals surface area contributed by atoms with Crippen LogP contribution in [0.25, 0.3) is 0 Å². The molecule has 1 atom stereocenters. The third-order valence-corrected chi connectivity index (χ3v) is 4.79. The third-order valence-electron chi connectivity index (χ3n) is 4.79.